The highest BCUT2D eigenvalue weighted by Gasteiger charge is 2.35. The van der Waals surface area contributed by atoms with E-state index >= 15 is 0 Å². The van der Waals surface area contributed by atoms with Gasteiger partial charge in [-0.25, -0.2) is 13.6 Å². The molecule has 106 valence electrons. The van der Waals surface area contributed by atoms with Crippen molar-refractivity contribution in [3.63, 3.8) is 0 Å². The second-order valence-electron chi connectivity index (χ2n) is 4.63. The summed E-state index contributed by atoms with van der Waals surface area (Å²) in [6.07, 6.45) is 1.64. The molecule has 19 heavy (non-hydrogen) atoms. The Labute approximate surface area is 111 Å². The van der Waals surface area contributed by atoms with Gasteiger partial charge in [-0.3, -0.25) is 9.69 Å². The summed E-state index contributed by atoms with van der Waals surface area (Å²) in [4.78, 5) is 13.1. The van der Waals surface area contributed by atoms with Crippen molar-refractivity contribution in [3.05, 3.63) is 5.89 Å². The second kappa shape index (κ2) is 5.25. The van der Waals surface area contributed by atoms with E-state index in [1.165, 1.54) is 4.90 Å². The summed E-state index contributed by atoms with van der Waals surface area (Å²) >= 11 is 0. The van der Waals surface area contributed by atoms with E-state index < -0.39 is 10.0 Å². The van der Waals surface area contributed by atoms with Gasteiger partial charge in [0, 0.05) is 25.3 Å². The number of aryl methyl sites for hydroxylation is 1. The summed E-state index contributed by atoms with van der Waals surface area (Å²) < 4.78 is 27.4. The fourth-order valence-electron chi connectivity index (χ4n) is 2.08. The summed E-state index contributed by atoms with van der Waals surface area (Å²) in [5.41, 5.74) is 0. The topological polar surface area (TPSA) is 119 Å². The van der Waals surface area contributed by atoms with Crippen molar-refractivity contribution in [2.75, 3.05) is 17.2 Å². The third-order valence-corrected chi connectivity index (χ3v) is 3.76. The molecule has 1 aromatic rings. The molecule has 1 aromatic heterocycles. The highest BCUT2D eigenvalue weighted by Crippen LogP contribution is 2.24. The zero-order chi connectivity index (χ0) is 14.0. The van der Waals surface area contributed by atoms with Gasteiger partial charge in [-0.15, -0.1) is 5.10 Å². The quantitative estimate of drug-likeness (QED) is 0.791. The van der Waals surface area contributed by atoms with Crippen LogP contribution in [0.25, 0.3) is 0 Å². The SMILES string of the molecule is CCCc1nnc(N2CC(CS(N)(=O)=O)CC2=O)o1. The first kappa shape index (κ1) is 13.9. The Morgan fingerprint density at radius 2 is 2.21 bits per heavy atom. The maximum Gasteiger partial charge on any atom is 0.325 e. The van der Waals surface area contributed by atoms with Crippen molar-refractivity contribution in [3.8, 4) is 0 Å². The van der Waals surface area contributed by atoms with Gasteiger partial charge >= 0.3 is 6.01 Å². The predicted octanol–water partition coefficient (Wildman–Crippen LogP) is -0.336. The number of anilines is 1. The molecule has 2 heterocycles. The lowest BCUT2D eigenvalue weighted by atomic mass is 10.1. The van der Waals surface area contributed by atoms with E-state index in [2.05, 4.69) is 10.2 Å². The van der Waals surface area contributed by atoms with Crippen LogP contribution in [0, 0.1) is 5.92 Å². The Morgan fingerprint density at radius 1 is 1.47 bits per heavy atom. The zero-order valence-electron chi connectivity index (χ0n) is 10.6. The summed E-state index contributed by atoms with van der Waals surface area (Å²) in [5.74, 6) is -0.296. The van der Waals surface area contributed by atoms with Gasteiger partial charge in [-0.05, 0) is 6.42 Å². The molecule has 1 fully saturated rings. The molecule has 2 N–H and O–H groups in total. The number of primary sulfonamides is 1. The van der Waals surface area contributed by atoms with E-state index in [0.29, 0.717) is 12.3 Å². The van der Waals surface area contributed by atoms with Crippen molar-refractivity contribution in [2.45, 2.75) is 26.2 Å². The van der Waals surface area contributed by atoms with Crippen molar-refractivity contribution in [1.29, 1.82) is 0 Å². The van der Waals surface area contributed by atoms with Crippen molar-refractivity contribution in [2.24, 2.45) is 11.1 Å². The summed E-state index contributed by atoms with van der Waals surface area (Å²) in [6.45, 7) is 2.22. The van der Waals surface area contributed by atoms with E-state index in [1.54, 1.807) is 0 Å². The number of amides is 1. The summed E-state index contributed by atoms with van der Waals surface area (Å²) in [5, 5.41) is 12.6. The van der Waals surface area contributed by atoms with Gasteiger partial charge in [0.25, 0.3) is 0 Å². The smallest absolute Gasteiger partial charge is 0.325 e. The van der Waals surface area contributed by atoms with E-state index in [-0.39, 0.29) is 36.6 Å². The number of carbonyl (C=O) groups excluding carboxylic acids is 1. The normalized spacial score (nSPS) is 20.2. The molecule has 8 nitrogen and oxygen atoms in total. The summed E-state index contributed by atoms with van der Waals surface area (Å²) in [6, 6.07) is 0.130. The maximum atomic E-state index is 11.8. The van der Waals surface area contributed by atoms with Crippen LogP contribution in [-0.2, 0) is 21.2 Å². The Bertz CT molecular complexity index is 568. The van der Waals surface area contributed by atoms with E-state index in [4.69, 9.17) is 9.56 Å². The van der Waals surface area contributed by atoms with Crippen LogP contribution in [0.1, 0.15) is 25.7 Å². The first-order valence-electron chi connectivity index (χ1n) is 6.02. The second-order valence-corrected chi connectivity index (χ2v) is 6.29. The number of rotatable bonds is 5. The van der Waals surface area contributed by atoms with Gasteiger partial charge in [-0.2, -0.15) is 0 Å². The number of aromatic nitrogens is 2. The molecule has 0 aliphatic carbocycles. The Balaban J connectivity index is 2.06. The van der Waals surface area contributed by atoms with Crippen LogP contribution in [0.5, 0.6) is 0 Å². The predicted molar refractivity (Wildman–Crippen MR) is 66.7 cm³/mol. The van der Waals surface area contributed by atoms with Gasteiger partial charge in [0.15, 0.2) is 0 Å². The minimum absolute atomic E-state index is 0.127. The molecule has 9 heteroatoms. The van der Waals surface area contributed by atoms with Crippen LogP contribution in [0.4, 0.5) is 6.01 Å². The minimum atomic E-state index is -3.59. The molecule has 1 atom stereocenters. The van der Waals surface area contributed by atoms with Crippen LogP contribution in [0.3, 0.4) is 0 Å². The Hall–Kier alpha value is -1.48. The largest absolute Gasteiger partial charge is 0.408 e. The maximum absolute atomic E-state index is 11.8. The number of hydrogen-bond donors (Lipinski definition) is 1. The minimum Gasteiger partial charge on any atom is -0.408 e. The van der Waals surface area contributed by atoms with Gasteiger partial charge in [0.05, 0.1) is 5.75 Å². The lowest BCUT2D eigenvalue weighted by molar-refractivity contribution is -0.117. The number of nitrogens with zero attached hydrogens (tertiary/aromatic N) is 3. The first-order valence-corrected chi connectivity index (χ1v) is 7.74. The molecule has 0 bridgehead atoms. The van der Waals surface area contributed by atoms with Crippen LogP contribution in [-0.4, -0.2) is 36.8 Å². The zero-order valence-corrected chi connectivity index (χ0v) is 11.4. The van der Waals surface area contributed by atoms with Gasteiger partial charge < -0.3 is 4.42 Å². The molecule has 1 aliphatic heterocycles. The van der Waals surface area contributed by atoms with E-state index in [1.807, 2.05) is 6.92 Å². The molecule has 0 radical (unpaired) electrons. The Morgan fingerprint density at radius 3 is 2.84 bits per heavy atom. The molecule has 1 amide bonds. The molecule has 1 aliphatic rings. The van der Waals surface area contributed by atoms with Gasteiger partial charge in [0.2, 0.25) is 21.8 Å². The number of sulfonamides is 1. The molecule has 0 saturated carbocycles. The van der Waals surface area contributed by atoms with Crippen molar-refractivity contribution < 1.29 is 17.6 Å². The molecule has 2 rings (SSSR count). The standard InChI is InChI=1S/C10H16N4O4S/c1-2-3-8-12-13-10(18-8)14-5-7(4-9(14)15)6-19(11,16)17/h7H,2-6H2,1H3,(H2,11,16,17). The molecular formula is C10H16N4O4S. The molecule has 1 unspecified atom stereocenters. The molecule has 1 saturated heterocycles. The lowest BCUT2D eigenvalue weighted by Gasteiger charge is -2.10. The van der Waals surface area contributed by atoms with Crippen molar-refractivity contribution in [1.82, 2.24) is 10.2 Å². The van der Waals surface area contributed by atoms with E-state index in [9.17, 15) is 13.2 Å². The average Bonchev–Trinajstić information content (AvgIpc) is 2.84. The van der Waals surface area contributed by atoms with Gasteiger partial charge in [-0.1, -0.05) is 12.0 Å². The van der Waals surface area contributed by atoms with Crippen LogP contribution in [0.15, 0.2) is 4.42 Å². The number of hydrogen-bond acceptors (Lipinski definition) is 6. The molecular weight excluding hydrogens is 272 g/mol. The first-order chi connectivity index (χ1) is 8.89. The third kappa shape index (κ3) is 3.51. The molecule has 0 aromatic carbocycles. The fourth-order valence-corrected chi connectivity index (χ4v) is 2.96. The highest BCUT2D eigenvalue weighted by molar-refractivity contribution is 7.89. The number of carbonyl (C=O) groups is 1. The summed E-state index contributed by atoms with van der Waals surface area (Å²) in [7, 11) is -3.59. The monoisotopic (exact) mass is 288 g/mol. The van der Waals surface area contributed by atoms with Gasteiger partial charge in [0.1, 0.15) is 0 Å². The third-order valence-electron chi connectivity index (χ3n) is 2.82. The van der Waals surface area contributed by atoms with Crippen LogP contribution in [0.2, 0.25) is 0 Å². The average molecular weight is 288 g/mol. The lowest BCUT2D eigenvalue weighted by Crippen LogP contribution is -2.27. The van der Waals surface area contributed by atoms with Crippen LogP contribution < -0.4 is 10.0 Å². The number of nitrogens with two attached hydrogens (primary N) is 1. The fraction of sp³-hybridized carbons (Fsp3) is 0.700. The van der Waals surface area contributed by atoms with Crippen molar-refractivity contribution >= 4 is 21.9 Å². The van der Waals surface area contributed by atoms with Crippen LogP contribution >= 0.6 is 0 Å². The highest BCUT2D eigenvalue weighted by atomic mass is 32.2. The van der Waals surface area contributed by atoms with E-state index in [0.717, 1.165) is 6.42 Å². The molecule has 0 spiro atoms. The Kier molecular flexibility index (Phi) is 3.85.